The maximum absolute atomic E-state index is 13.1. The van der Waals surface area contributed by atoms with Crippen molar-refractivity contribution < 1.29 is 34.8 Å². The molecule has 29 heavy (non-hydrogen) atoms. The number of aliphatic hydroxyl groups excluding tert-OH is 2. The molecule has 4 rings (SSSR count). The van der Waals surface area contributed by atoms with Crippen LogP contribution in [0.4, 0.5) is 0 Å². The summed E-state index contributed by atoms with van der Waals surface area (Å²) in [4.78, 5) is 37.4. The van der Waals surface area contributed by atoms with Gasteiger partial charge in [0.25, 0.3) is 0 Å². The van der Waals surface area contributed by atoms with Crippen LogP contribution in [0.3, 0.4) is 0 Å². The minimum atomic E-state index is -2.66. The molecule has 162 valence electrons. The maximum Gasteiger partial charge on any atom is 0.230 e. The number of amides is 1. The normalized spacial score (nSPS) is 40.0. The Morgan fingerprint density at radius 3 is 2.31 bits per heavy atom. The summed E-state index contributed by atoms with van der Waals surface area (Å²) in [7, 11) is 0. The monoisotopic (exact) mass is 449 g/mol. The second kappa shape index (κ2) is 8.00. The zero-order valence-corrected chi connectivity index (χ0v) is 17.1. The minimum absolute atomic E-state index is 0. The number of primary amides is 1. The summed E-state index contributed by atoms with van der Waals surface area (Å²) in [6, 6.07) is 0. The molecule has 1 amide bonds. The fraction of sp³-hybridized carbons (Fsp3) is 0.632. The van der Waals surface area contributed by atoms with Gasteiger partial charge in [-0.2, -0.15) is 0 Å². The van der Waals surface area contributed by atoms with E-state index in [2.05, 4.69) is 0 Å². The summed E-state index contributed by atoms with van der Waals surface area (Å²) in [5.41, 5.74) is 5.41. The Bertz CT molecular complexity index is 793. The van der Waals surface area contributed by atoms with Crippen LogP contribution in [-0.2, 0) is 14.4 Å². The van der Waals surface area contributed by atoms with Gasteiger partial charge in [0.2, 0.25) is 5.91 Å². The van der Waals surface area contributed by atoms with Crippen LogP contribution >= 0.6 is 24.8 Å². The molecule has 0 aromatic heterocycles. The number of carbonyl (C=O) groups excluding carboxylic acids is 3. The third-order valence-corrected chi connectivity index (χ3v) is 6.83. The highest BCUT2D eigenvalue weighted by atomic mass is 35.5. The molecular formula is C19H25Cl2NO7. The third kappa shape index (κ3) is 3.41. The van der Waals surface area contributed by atoms with Gasteiger partial charge in [0.15, 0.2) is 17.4 Å². The highest BCUT2D eigenvalue weighted by molar-refractivity contribution is 6.05. The molecule has 4 aliphatic carbocycles. The van der Waals surface area contributed by atoms with E-state index in [1.807, 2.05) is 0 Å². The number of Topliss-reactive ketones (excluding diaryl/α,β-unsaturated/α-hetero) is 2. The molecule has 0 aromatic rings. The van der Waals surface area contributed by atoms with Crippen LogP contribution in [-0.4, -0.2) is 49.8 Å². The molecule has 3 saturated carbocycles. The van der Waals surface area contributed by atoms with Crippen molar-refractivity contribution in [2.24, 2.45) is 41.2 Å². The molecule has 8 nitrogen and oxygen atoms in total. The van der Waals surface area contributed by atoms with Gasteiger partial charge in [-0.3, -0.25) is 14.4 Å². The number of allylic oxidation sites excluding steroid dienone is 3. The summed E-state index contributed by atoms with van der Waals surface area (Å²) in [6.07, 6.45) is 3.42. The van der Waals surface area contributed by atoms with Gasteiger partial charge in [-0.05, 0) is 49.5 Å². The van der Waals surface area contributed by atoms with Gasteiger partial charge in [0.1, 0.15) is 11.7 Å². The van der Waals surface area contributed by atoms with E-state index in [-0.39, 0.29) is 54.4 Å². The predicted molar refractivity (Wildman–Crippen MR) is 105 cm³/mol. The lowest BCUT2D eigenvalue weighted by Crippen LogP contribution is -2.66. The van der Waals surface area contributed by atoms with Gasteiger partial charge in [0, 0.05) is 5.57 Å². The number of halogens is 2. The number of nitrogens with two attached hydrogens (primary N) is 1. The molecule has 0 aliphatic heterocycles. The summed E-state index contributed by atoms with van der Waals surface area (Å²) < 4.78 is 0. The van der Waals surface area contributed by atoms with Crippen molar-refractivity contribution in [2.45, 2.75) is 37.6 Å². The molecule has 0 bridgehead atoms. The van der Waals surface area contributed by atoms with Crippen LogP contribution in [0, 0.1) is 35.5 Å². The molecule has 6 N–H and O–H groups in total. The third-order valence-electron chi connectivity index (χ3n) is 6.83. The quantitative estimate of drug-likeness (QED) is 0.282. The van der Waals surface area contributed by atoms with Crippen molar-refractivity contribution in [3.8, 4) is 0 Å². The second-order valence-corrected chi connectivity index (χ2v) is 8.31. The fourth-order valence-electron chi connectivity index (χ4n) is 5.86. The van der Waals surface area contributed by atoms with Gasteiger partial charge in [0.05, 0.1) is 17.9 Å². The Balaban J connectivity index is 0.00000150. The largest absolute Gasteiger partial charge is 0.508 e. The SMILES string of the molecule is Cl.Cl.NC(=O)C1C(=O)C2C(CC1O)CC1CC3CC=CC(O)=C3C(=O)C1C2(O)O. The number of ketones is 2. The van der Waals surface area contributed by atoms with Gasteiger partial charge in [-0.1, -0.05) is 6.08 Å². The van der Waals surface area contributed by atoms with Crippen molar-refractivity contribution in [1.82, 2.24) is 0 Å². The lowest BCUT2D eigenvalue weighted by molar-refractivity contribution is -0.272. The van der Waals surface area contributed by atoms with Crippen molar-refractivity contribution in [2.75, 3.05) is 0 Å². The molecule has 10 heteroatoms. The second-order valence-electron chi connectivity index (χ2n) is 8.31. The number of fused-ring (bicyclic) bond motifs is 3. The summed E-state index contributed by atoms with van der Waals surface area (Å²) in [5, 5.41) is 42.2. The molecule has 7 unspecified atom stereocenters. The average Bonchev–Trinajstić information content (AvgIpc) is 2.52. The molecule has 3 fully saturated rings. The van der Waals surface area contributed by atoms with Crippen LogP contribution in [0.1, 0.15) is 25.7 Å². The molecule has 0 heterocycles. The van der Waals surface area contributed by atoms with Crippen LogP contribution in [0.5, 0.6) is 0 Å². The molecule has 4 aliphatic rings. The molecule has 0 aromatic carbocycles. The molecule has 7 atom stereocenters. The lowest BCUT2D eigenvalue weighted by Gasteiger charge is -2.54. The first-order valence-corrected chi connectivity index (χ1v) is 9.24. The Morgan fingerprint density at radius 1 is 1.07 bits per heavy atom. The van der Waals surface area contributed by atoms with Crippen LogP contribution in [0.25, 0.3) is 0 Å². The highest BCUT2D eigenvalue weighted by Crippen LogP contribution is 2.55. The van der Waals surface area contributed by atoms with Crippen molar-refractivity contribution in [3.05, 3.63) is 23.5 Å². The first-order chi connectivity index (χ1) is 12.6. The molecule has 0 spiro atoms. The van der Waals surface area contributed by atoms with E-state index in [1.54, 1.807) is 6.08 Å². The Kier molecular flexibility index (Phi) is 6.57. The first kappa shape index (κ1) is 23.8. The molecule has 0 saturated heterocycles. The fourth-order valence-corrected chi connectivity index (χ4v) is 5.86. The Hall–Kier alpha value is -1.45. The maximum atomic E-state index is 13.1. The van der Waals surface area contributed by atoms with Crippen LogP contribution < -0.4 is 5.73 Å². The number of hydrogen-bond donors (Lipinski definition) is 5. The molecular weight excluding hydrogens is 425 g/mol. The number of aliphatic hydroxyl groups is 4. The molecule has 0 radical (unpaired) electrons. The van der Waals surface area contributed by atoms with E-state index in [0.717, 1.165) is 0 Å². The van der Waals surface area contributed by atoms with E-state index in [0.29, 0.717) is 19.3 Å². The van der Waals surface area contributed by atoms with Crippen LogP contribution in [0.2, 0.25) is 0 Å². The van der Waals surface area contributed by atoms with Gasteiger partial charge in [-0.25, -0.2) is 0 Å². The number of rotatable bonds is 1. The summed E-state index contributed by atoms with van der Waals surface area (Å²) in [5.74, 6) is -10.5. The van der Waals surface area contributed by atoms with E-state index in [1.165, 1.54) is 6.08 Å². The first-order valence-electron chi connectivity index (χ1n) is 9.24. The lowest BCUT2D eigenvalue weighted by atomic mass is 9.52. The van der Waals surface area contributed by atoms with Gasteiger partial charge in [-0.15, -0.1) is 24.8 Å². The van der Waals surface area contributed by atoms with E-state index < -0.39 is 53.0 Å². The highest BCUT2D eigenvalue weighted by Gasteiger charge is 2.64. The van der Waals surface area contributed by atoms with Crippen molar-refractivity contribution in [1.29, 1.82) is 0 Å². The smallest absolute Gasteiger partial charge is 0.230 e. The number of carbonyl (C=O) groups is 3. The standard InChI is InChI=1S/C19H23NO7.2ClH/c20-18(25)13-11(22)6-9-5-8-4-7-2-1-3-10(21)12(7)16(23)14(8)19(26,27)15(9)17(13)24;;/h1,3,7-9,11,13-15,21-22,26-27H,2,4-6H2,(H2,20,25);2*1H. The minimum Gasteiger partial charge on any atom is -0.508 e. The topological polar surface area (TPSA) is 158 Å². The van der Waals surface area contributed by atoms with Gasteiger partial charge < -0.3 is 26.2 Å². The predicted octanol–water partition coefficient (Wildman–Crippen LogP) is 0.176. The Labute approximate surface area is 179 Å². The number of hydrogen-bond acceptors (Lipinski definition) is 7. The summed E-state index contributed by atoms with van der Waals surface area (Å²) in [6.45, 7) is 0. The van der Waals surface area contributed by atoms with Gasteiger partial charge >= 0.3 is 0 Å². The van der Waals surface area contributed by atoms with Crippen LogP contribution in [0.15, 0.2) is 23.5 Å². The van der Waals surface area contributed by atoms with E-state index in [9.17, 15) is 34.8 Å². The van der Waals surface area contributed by atoms with E-state index >= 15 is 0 Å². The zero-order chi connectivity index (χ0) is 19.7. The van der Waals surface area contributed by atoms with E-state index in [4.69, 9.17) is 5.73 Å². The average molecular weight is 450 g/mol. The summed E-state index contributed by atoms with van der Waals surface area (Å²) >= 11 is 0. The van der Waals surface area contributed by atoms with Crippen molar-refractivity contribution in [3.63, 3.8) is 0 Å². The van der Waals surface area contributed by atoms with Crippen molar-refractivity contribution >= 4 is 42.3 Å². The zero-order valence-electron chi connectivity index (χ0n) is 15.4. The Morgan fingerprint density at radius 2 is 1.69 bits per heavy atom.